The molecule has 14 heteroatoms. The van der Waals surface area contributed by atoms with Gasteiger partial charge in [-0.1, -0.05) is 11.8 Å². The molecule has 2 heterocycles. The standard InChI is InChI=1S/C22H31IO12S/c1-7-12(21(30)36-20-8(2)33-11(26)5-9(20)25)17(31-3)19(32-4)18(13(7)23)35-22-16(29)15(28)14(27)10(6-24)34-22/h8-11,14-16,20,22,24-29H,5-6H2,1-4H3/t8-,9+,10-,11?,14-,15+,16-,20-,22+/m1/s1. The molecule has 0 aromatic heterocycles. The molecule has 0 bridgehead atoms. The summed E-state index contributed by atoms with van der Waals surface area (Å²) in [6.07, 6.45) is -10.2. The van der Waals surface area contributed by atoms with Gasteiger partial charge in [0.05, 0.1) is 47.4 Å². The van der Waals surface area contributed by atoms with Crippen LogP contribution < -0.4 is 14.2 Å². The van der Waals surface area contributed by atoms with Crippen LogP contribution in [0.3, 0.4) is 0 Å². The van der Waals surface area contributed by atoms with Crippen LogP contribution in [0.15, 0.2) is 0 Å². The molecule has 12 nitrogen and oxygen atoms in total. The van der Waals surface area contributed by atoms with Gasteiger partial charge in [0, 0.05) is 6.42 Å². The lowest BCUT2D eigenvalue weighted by Gasteiger charge is -2.40. The lowest BCUT2D eigenvalue weighted by atomic mass is 9.99. The molecule has 3 rings (SSSR count). The fourth-order valence-electron chi connectivity index (χ4n) is 4.17. The summed E-state index contributed by atoms with van der Waals surface area (Å²) in [7, 11) is 2.66. The van der Waals surface area contributed by atoms with Gasteiger partial charge in [-0.2, -0.15) is 0 Å². The normalized spacial score (nSPS) is 34.8. The number of aliphatic hydroxyl groups is 6. The summed E-state index contributed by atoms with van der Waals surface area (Å²) in [5.74, 6) is 0.0968. The molecule has 1 aromatic carbocycles. The summed E-state index contributed by atoms with van der Waals surface area (Å²) in [6, 6.07) is 0. The van der Waals surface area contributed by atoms with Crippen LogP contribution in [0, 0.1) is 10.5 Å². The summed E-state index contributed by atoms with van der Waals surface area (Å²) >= 11 is 2.78. The number of carbonyl (C=O) groups excluding carboxylic acids is 1. The highest BCUT2D eigenvalue weighted by molar-refractivity contribution is 14.1. The maximum Gasteiger partial charge on any atom is 0.229 e. The molecule has 2 fully saturated rings. The second kappa shape index (κ2) is 12.3. The van der Waals surface area contributed by atoms with E-state index < -0.39 is 66.2 Å². The summed E-state index contributed by atoms with van der Waals surface area (Å²) in [6.45, 7) is 2.68. The Morgan fingerprint density at radius 2 is 1.67 bits per heavy atom. The molecule has 2 aliphatic heterocycles. The summed E-state index contributed by atoms with van der Waals surface area (Å²) < 4.78 is 28.1. The number of rotatable bonds is 7. The van der Waals surface area contributed by atoms with Crippen LogP contribution in [-0.4, -0.2) is 111 Å². The molecule has 0 radical (unpaired) electrons. The molecule has 9 atom stereocenters. The van der Waals surface area contributed by atoms with Crippen molar-refractivity contribution in [2.75, 3.05) is 20.8 Å². The van der Waals surface area contributed by atoms with Crippen molar-refractivity contribution >= 4 is 39.5 Å². The maximum atomic E-state index is 13.4. The van der Waals surface area contributed by atoms with E-state index in [-0.39, 0.29) is 29.2 Å². The van der Waals surface area contributed by atoms with Gasteiger partial charge in [0.25, 0.3) is 0 Å². The molecule has 0 saturated carbocycles. The molecular formula is C22H31IO12S. The number of aliphatic hydroxyl groups excluding tert-OH is 6. The molecule has 36 heavy (non-hydrogen) atoms. The molecular weight excluding hydrogens is 615 g/mol. The second-order valence-corrected chi connectivity index (χ2v) is 10.7. The predicted molar refractivity (Wildman–Crippen MR) is 134 cm³/mol. The number of carbonyl (C=O) groups is 1. The van der Waals surface area contributed by atoms with Crippen molar-refractivity contribution in [3.63, 3.8) is 0 Å². The first-order valence-corrected chi connectivity index (χ1v) is 13.1. The van der Waals surface area contributed by atoms with E-state index in [0.717, 1.165) is 11.8 Å². The van der Waals surface area contributed by atoms with Crippen LogP contribution in [0.5, 0.6) is 17.2 Å². The average Bonchev–Trinajstić information content (AvgIpc) is 2.83. The van der Waals surface area contributed by atoms with Crippen LogP contribution in [-0.2, 0) is 9.47 Å². The number of methoxy groups -OCH3 is 2. The van der Waals surface area contributed by atoms with Gasteiger partial charge >= 0.3 is 0 Å². The van der Waals surface area contributed by atoms with E-state index in [4.69, 9.17) is 23.7 Å². The Kier molecular flexibility index (Phi) is 10.1. The molecule has 6 N–H and O–H groups in total. The zero-order valence-electron chi connectivity index (χ0n) is 20.0. The highest BCUT2D eigenvalue weighted by atomic mass is 127. The number of ether oxygens (including phenoxy) is 5. The molecule has 0 amide bonds. The predicted octanol–water partition coefficient (Wildman–Crippen LogP) is -0.474. The Morgan fingerprint density at radius 3 is 2.22 bits per heavy atom. The Balaban J connectivity index is 1.97. The van der Waals surface area contributed by atoms with Gasteiger partial charge in [-0.05, 0) is 42.0 Å². The lowest BCUT2D eigenvalue weighted by Crippen LogP contribution is -2.60. The van der Waals surface area contributed by atoms with E-state index in [1.165, 1.54) is 14.2 Å². The van der Waals surface area contributed by atoms with Gasteiger partial charge in [0.1, 0.15) is 24.4 Å². The topological polar surface area (TPSA) is 185 Å². The van der Waals surface area contributed by atoms with Crippen molar-refractivity contribution in [1.82, 2.24) is 0 Å². The van der Waals surface area contributed by atoms with Gasteiger partial charge < -0.3 is 54.3 Å². The number of benzene rings is 1. The highest BCUT2D eigenvalue weighted by Gasteiger charge is 2.46. The molecule has 2 aliphatic rings. The van der Waals surface area contributed by atoms with Gasteiger partial charge in [0.15, 0.2) is 17.8 Å². The molecule has 2 saturated heterocycles. The Labute approximate surface area is 225 Å². The minimum absolute atomic E-state index is 0.0114. The quantitative estimate of drug-likeness (QED) is 0.209. The Hall–Kier alpha value is -0.950. The van der Waals surface area contributed by atoms with E-state index >= 15 is 0 Å². The minimum atomic E-state index is -1.66. The zero-order valence-corrected chi connectivity index (χ0v) is 23.0. The van der Waals surface area contributed by atoms with E-state index in [2.05, 4.69) is 0 Å². The first kappa shape index (κ1) is 29.6. The Morgan fingerprint density at radius 1 is 1.03 bits per heavy atom. The van der Waals surface area contributed by atoms with E-state index in [9.17, 15) is 35.4 Å². The van der Waals surface area contributed by atoms with Crippen molar-refractivity contribution < 1.29 is 59.1 Å². The lowest BCUT2D eigenvalue weighted by molar-refractivity contribution is -0.277. The number of thioether (sulfide) groups is 1. The largest absolute Gasteiger partial charge is 0.492 e. The minimum Gasteiger partial charge on any atom is -0.492 e. The van der Waals surface area contributed by atoms with Crippen LogP contribution in [0.4, 0.5) is 0 Å². The second-order valence-electron chi connectivity index (χ2n) is 8.49. The summed E-state index contributed by atoms with van der Waals surface area (Å²) in [5, 5.41) is 59.0. The van der Waals surface area contributed by atoms with Crippen LogP contribution in [0.1, 0.15) is 29.3 Å². The molecule has 204 valence electrons. The van der Waals surface area contributed by atoms with E-state index in [1.807, 2.05) is 22.6 Å². The first-order valence-electron chi connectivity index (χ1n) is 11.1. The number of hydrogen-bond donors (Lipinski definition) is 6. The van der Waals surface area contributed by atoms with Gasteiger partial charge in [-0.15, -0.1) is 0 Å². The maximum absolute atomic E-state index is 13.4. The van der Waals surface area contributed by atoms with Gasteiger partial charge in [-0.3, -0.25) is 4.79 Å². The van der Waals surface area contributed by atoms with E-state index in [1.54, 1.807) is 13.8 Å². The first-order chi connectivity index (χ1) is 17.0. The van der Waals surface area contributed by atoms with Crippen LogP contribution in [0.2, 0.25) is 0 Å². The van der Waals surface area contributed by atoms with Crippen molar-refractivity contribution in [3.8, 4) is 17.2 Å². The monoisotopic (exact) mass is 646 g/mol. The summed E-state index contributed by atoms with van der Waals surface area (Å²) in [5.41, 5.74) is 0.611. The number of hydrogen-bond acceptors (Lipinski definition) is 13. The third kappa shape index (κ3) is 5.72. The molecule has 0 aliphatic carbocycles. The molecule has 0 spiro atoms. The SMILES string of the molecule is COc1c(O[C@@H]2O[C@H](CO)[C@@H](O)[C@H](O)[C@H]2O)c(I)c(C)c(C(=O)S[C@H]2[C@@H](O)CC(O)O[C@@H]2C)c1OC. The van der Waals surface area contributed by atoms with Gasteiger partial charge in [0.2, 0.25) is 17.2 Å². The average molecular weight is 646 g/mol. The highest BCUT2D eigenvalue weighted by Crippen LogP contribution is 2.48. The zero-order chi connectivity index (χ0) is 26.9. The summed E-state index contributed by atoms with van der Waals surface area (Å²) in [4.78, 5) is 13.4. The Bertz CT molecular complexity index is 934. The van der Waals surface area contributed by atoms with Crippen molar-refractivity contribution in [2.24, 2.45) is 0 Å². The fourth-order valence-corrected chi connectivity index (χ4v) is 5.95. The number of halogens is 1. The van der Waals surface area contributed by atoms with Gasteiger partial charge in [-0.25, -0.2) is 0 Å². The van der Waals surface area contributed by atoms with Crippen molar-refractivity contribution in [2.45, 2.75) is 74.7 Å². The third-order valence-electron chi connectivity index (χ3n) is 6.14. The van der Waals surface area contributed by atoms with E-state index in [0.29, 0.717) is 9.13 Å². The molecule has 1 aromatic rings. The smallest absolute Gasteiger partial charge is 0.229 e. The van der Waals surface area contributed by atoms with Crippen LogP contribution >= 0.6 is 34.4 Å². The fraction of sp³-hybridized carbons (Fsp3) is 0.682. The van der Waals surface area contributed by atoms with Crippen LogP contribution in [0.25, 0.3) is 0 Å². The van der Waals surface area contributed by atoms with Crippen molar-refractivity contribution in [3.05, 3.63) is 14.7 Å². The van der Waals surface area contributed by atoms with Crippen molar-refractivity contribution in [1.29, 1.82) is 0 Å². The molecule has 1 unspecified atom stereocenters. The third-order valence-corrected chi connectivity index (χ3v) is 8.82.